The second-order valence-corrected chi connectivity index (χ2v) is 5.06. The number of oxime groups is 1. The molecule has 1 saturated heterocycles. The first kappa shape index (κ1) is 15.5. The van der Waals surface area contributed by atoms with Gasteiger partial charge in [-0.15, -0.1) is 5.10 Å². The maximum atomic E-state index is 9.69. The normalized spacial score (nSPS) is 22.9. The van der Waals surface area contributed by atoms with Gasteiger partial charge in [0.1, 0.15) is 0 Å². The molecule has 8 heteroatoms. The van der Waals surface area contributed by atoms with Gasteiger partial charge in [-0.05, 0) is 18.4 Å². The molecule has 1 aromatic rings. The molecular weight excluding hydrogens is 274 g/mol. The largest absolute Gasteiger partial charge is 0.409 e. The minimum absolute atomic E-state index is 0.0395. The van der Waals surface area contributed by atoms with Crippen LogP contribution >= 0.6 is 0 Å². The summed E-state index contributed by atoms with van der Waals surface area (Å²) in [7, 11) is 0. The van der Waals surface area contributed by atoms with Gasteiger partial charge in [-0.25, -0.2) is 0 Å². The van der Waals surface area contributed by atoms with Gasteiger partial charge in [-0.2, -0.15) is 5.10 Å². The highest BCUT2D eigenvalue weighted by molar-refractivity contribution is 6.03. The zero-order valence-electron chi connectivity index (χ0n) is 12.2. The molecule has 0 amide bonds. The third-order valence-corrected chi connectivity index (χ3v) is 3.75. The molecule has 0 aromatic carbocycles. The van der Waals surface area contributed by atoms with Crippen LogP contribution in [0.1, 0.15) is 30.7 Å². The molecular formula is C13H21N5O3. The number of nitrogens with two attached hydrogens (primary N) is 1. The Morgan fingerprint density at radius 3 is 2.33 bits per heavy atom. The lowest BCUT2D eigenvalue weighted by Crippen LogP contribution is -2.29. The van der Waals surface area contributed by atoms with E-state index in [-0.39, 0.29) is 18.9 Å². The SMILES string of the molecule is CCc1nnc(N2CC(O)C(O)C2)c(C(N)=NO)c1CC. The van der Waals surface area contributed by atoms with Crippen LogP contribution < -0.4 is 10.6 Å². The van der Waals surface area contributed by atoms with E-state index in [2.05, 4.69) is 15.4 Å². The second kappa shape index (κ2) is 6.23. The molecule has 1 aliphatic rings. The summed E-state index contributed by atoms with van der Waals surface area (Å²) in [5.74, 6) is 0.386. The molecule has 5 N–H and O–H groups in total. The van der Waals surface area contributed by atoms with Crippen molar-refractivity contribution in [3.63, 3.8) is 0 Å². The summed E-state index contributed by atoms with van der Waals surface area (Å²) in [6.07, 6.45) is -0.338. The van der Waals surface area contributed by atoms with Gasteiger partial charge < -0.3 is 26.1 Å². The lowest BCUT2D eigenvalue weighted by molar-refractivity contribution is 0.0572. The molecule has 2 unspecified atom stereocenters. The summed E-state index contributed by atoms with van der Waals surface area (Å²) in [6.45, 7) is 4.39. The first-order valence-electron chi connectivity index (χ1n) is 7.00. The predicted octanol–water partition coefficient (Wildman–Crippen LogP) is -0.762. The van der Waals surface area contributed by atoms with Crippen molar-refractivity contribution in [3.8, 4) is 0 Å². The van der Waals surface area contributed by atoms with Gasteiger partial charge in [0.2, 0.25) is 0 Å². The molecule has 1 fully saturated rings. The summed E-state index contributed by atoms with van der Waals surface area (Å²) in [5.41, 5.74) is 8.00. The Morgan fingerprint density at radius 1 is 1.24 bits per heavy atom. The molecule has 1 aliphatic heterocycles. The summed E-state index contributed by atoms with van der Waals surface area (Å²) < 4.78 is 0. The number of hydrogen-bond acceptors (Lipinski definition) is 7. The van der Waals surface area contributed by atoms with E-state index in [0.29, 0.717) is 24.2 Å². The Kier molecular flexibility index (Phi) is 4.59. The Labute approximate surface area is 122 Å². The number of aryl methyl sites for hydroxylation is 1. The molecule has 116 valence electrons. The molecule has 0 spiro atoms. The second-order valence-electron chi connectivity index (χ2n) is 5.06. The fourth-order valence-corrected chi connectivity index (χ4v) is 2.65. The standard InChI is InChI=1S/C13H21N5O3/c1-3-7-8(4-2)15-16-13(11(7)12(14)17-21)18-5-9(19)10(20)6-18/h9-10,19-21H,3-6H2,1-2H3,(H2,14,17). The Bertz CT molecular complexity index is 539. The van der Waals surface area contributed by atoms with Gasteiger partial charge >= 0.3 is 0 Å². The first-order chi connectivity index (χ1) is 10.0. The van der Waals surface area contributed by atoms with Crippen molar-refractivity contribution < 1.29 is 15.4 Å². The third kappa shape index (κ3) is 2.77. The van der Waals surface area contributed by atoms with Gasteiger partial charge in [0.15, 0.2) is 11.7 Å². The zero-order chi connectivity index (χ0) is 15.6. The third-order valence-electron chi connectivity index (χ3n) is 3.75. The topological polar surface area (TPSA) is 128 Å². The number of hydrogen-bond donors (Lipinski definition) is 4. The van der Waals surface area contributed by atoms with E-state index in [1.165, 1.54) is 0 Å². The lowest BCUT2D eigenvalue weighted by Gasteiger charge is -2.21. The molecule has 2 atom stereocenters. The number of amidine groups is 1. The maximum absolute atomic E-state index is 9.69. The molecule has 8 nitrogen and oxygen atoms in total. The highest BCUT2D eigenvalue weighted by atomic mass is 16.4. The Hall–Kier alpha value is -1.93. The van der Waals surface area contributed by atoms with Crippen molar-refractivity contribution in [1.29, 1.82) is 0 Å². The van der Waals surface area contributed by atoms with Gasteiger partial charge in [-0.3, -0.25) is 0 Å². The van der Waals surface area contributed by atoms with Crippen LogP contribution in [0.4, 0.5) is 5.82 Å². The summed E-state index contributed by atoms with van der Waals surface area (Å²) >= 11 is 0. The fraction of sp³-hybridized carbons (Fsp3) is 0.615. The molecule has 0 bridgehead atoms. The zero-order valence-corrected chi connectivity index (χ0v) is 12.2. The van der Waals surface area contributed by atoms with Crippen LogP contribution in [-0.2, 0) is 12.8 Å². The van der Waals surface area contributed by atoms with Crippen molar-refractivity contribution in [1.82, 2.24) is 10.2 Å². The lowest BCUT2D eigenvalue weighted by atomic mass is 10.0. The van der Waals surface area contributed by atoms with Crippen molar-refractivity contribution in [2.75, 3.05) is 18.0 Å². The van der Waals surface area contributed by atoms with Gasteiger partial charge in [-0.1, -0.05) is 19.0 Å². The van der Waals surface area contributed by atoms with Crippen LogP contribution in [-0.4, -0.2) is 56.8 Å². The van der Waals surface area contributed by atoms with E-state index in [1.54, 1.807) is 4.90 Å². The number of anilines is 1. The van der Waals surface area contributed by atoms with Crippen molar-refractivity contribution in [2.45, 2.75) is 38.9 Å². The average molecular weight is 295 g/mol. The van der Waals surface area contributed by atoms with Gasteiger partial charge in [0.25, 0.3) is 0 Å². The quantitative estimate of drug-likeness (QED) is 0.249. The monoisotopic (exact) mass is 295 g/mol. The van der Waals surface area contributed by atoms with Crippen molar-refractivity contribution in [3.05, 3.63) is 16.8 Å². The van der Waals surface area contributed by atoms with Crippen LogP contribution in [0.2, 0.25) is 0 Å². The van der Waals surface area contributed by atoms with E-state index >= 15 is 0 Å². The van der Waals surface area contributed by atoms with E-state index in [0.717, 1.165) is 11.3 Å². The Morgan fingerprint density at radius 2 is 1.86 bits per heavy atom. The van der Waals surface area contributed by atoms with Crippen LogP contribution in [0.5, 0.6) is 0 Å². The fourth-order valence-electron chi connectivity index (χ4n) is 2.65. The summed E-state index contributed by atoms with van der Waals surface area (Å²) in [6, 6.07) is 0. The number of rotatable bonds is 4. The summed E-state index contributed by atoms with van der Waals surface area (Å²) in [5, 5.41) is 39.9. The molecule has 2 rings (SSSR count). The van der Waals surface area contributed by atoms with Gasteiger partial charge in [0.05, 0.1) is 23.5 Å². The maximum Gasteiger partial charge on any atom is 0.174 e. The molecule has 21 heavy (non-hydrogen) atoms. The van der Waals surface area contributed by atoms with Crippen molar-refractivity contribution >= 4 is 11.7 Å². The molecule has 2 heterocycles. The Balaban J connectivity index is 2.55. The van der Waals surface area contributed by atoms with Gasteiger partial charge in [0, 0.05) is 13.1 Å². The number of aromatic nitrogens is 2. The van der Waals surface area contributed by atoms with Crippen LogP contribution in [0.25, 0.3) is 0 Å². The smallest absolute Gasteiger partial charge is 0.174 e. The molecule has 0 radical (unpaired) electrons. The molecule has 1 aromatic heterocycles. The van der Waals surface area contributed by atoms with Crippen LogP contribution in [0.15, 0.2) is 5.16 Å². The van der Waals surface area contributed by atoms with E-state index in [4.69, 9.17) is 10.9 Å². The van der Waals surface area contributed by atoms with E-state index in [1.807, 2.05) is 13.8 Å². The van der Waals surface area contributed by atoms with Crippen LogP contribution in [0, 0.1) is 0 Å². The highest BCUT2D eigenvalue weighted by Crippen LogP contribution is 2.27. The van der Waals surface area contributed by atoms with Crippen LogP contribution in [0.3, 0.4) is 0 Å². The highest BCUT2D eigenvalue weighted by Gasteiger charge is 2.33. The molecule has 0 saturated carbocycles. The average Bonchev–Trinajstić information content (AvgIpc) is 2.84. The predicted molar refractivity (Wildman–Crippen MR) is 77.5 cm³/mol. The minimum atomic E-state index is -0.845. The van der Waals surface area contributed by atoms with E-state index < -0.39 is 12.2 Å². The minimum Gasteiger partial charge on any atom is -0.409 e. The van der Waals surface area contributed by atoms with E-state index in [9.17, 15) is 10.2 Å². The number of aliphatic hydroxyl groups is 2. The summed E-state index contributed by atoms with van der Waals surface area (Å²) in [4.78, 5) is 1.70. The van der Waals surface area contributed by atoms with Crippen molar-refractivity contribution in [2.24, 2.45) is 10.9 Å². The number of β-amino-alcohol motifs (C(OH)–C–C–N with tert-alkyl or cyclic N) is 2. The number of nitrogens with zero attached hydrogens (tertiary/aromatic N) is 4. The first-order valence-corrected chi connectivity index (χ1v) is 7.00. The number of aliphatic hydroxyl groups excluding tert-OH is 2. The molecule has 0 aliphatic carbocycles.